The lowest BCUT2D eigenvalue weighted by Crippen LogP contribution is -2.35. The lowest BCUT2D eigenvalue weighted by molar-refractivity contribution is -0.119. The van der Waals surface area contributed by atoms with Gasteiger partial charge in [0.2, 0.25) is 5.91 Å². The van der Waals surface area contributed by atoms with E-state index in [0.717, 1.165) is 36.0 Å². The molecule has 1 heterocycles. The molecule has 0 unspecified atom stereocenters. The summed E-state index contributed by atoms with van der Waals surface area (Å²) in [7, 11) is 0. The molecule has 1 aliphatic carbocycles. The highest BCUT2D eigenvalue weighted by Gasteiger charge is 2.28. The van der Waals surface area contributed by atoms with E-state index in [1.54, 1.807) is 6.92 Å². The van der Waals surface area contributed by atoms with Crippen molar-refractivity contribution in [3.8, 4) is 0 Å². The van der Waals surface area contributed by atoms with Crippen LogP contribution in [0.2, 0.25) is 0 Å². The third kappa shape index (κ3) is 4.54. The first-order chi connectivity index (χ1) is 13.0. The standard InChI is InChI=1S/C20H22N2O3S2/c1-3-25-19(24)17-14-9-6-10-15(14)27-18(17)22-20(26)21-16(23)11-13-8-5-4-7-12(13)2/h4-5,7-8H,3,6,9-11H2,1-2H3,(H2,21,22,23,26). The van der Waals surface area contributed by atoms with E-state index in [9.17, 15) is 9.59 Å². The van der Waals surface area contributed by atoms with Crippen molar-refractivity contribution in [1.82, 2.24) is 5.32 Å². The largest absolute Gasteiger partial charge is 0.462 e. The van der Waals surface area contributed by atoms with E-state index in [0.29, 0.717) is 17.2 Å². The number of fused-ring (bicyclic) bond motifs is 1. The maximum absolute atomic E-state index is 12.4. The number of benzene rings is 1. The number of rotatable bonds is 5. The van der Waals surface area contributed by atoms with Crippen LogP contribution in [0.25, 0.3) is 0 Å². The Hall–Kier alpha value is -2.25. The number of carbonyl (C=O) groups is 2. The summed E-state index contributed by atoms with van der Waals surface area (Å²) in [6.45, 7) is 4.08. The van der Waals surface area contributed by atoms with Gasteiger partial charge < -0.3 is 15.4 Å². The second-order valence-corrected chi connectivity index (χ2v) is 7.90. The van der Waals surface area contributed by atoms with Crippen LogP contribution < -0.4 is 10.6 Å². The van der Waals surface area contributed by atoms with Gasteiger partial charge in [-0.25, -0.2) is 4.79 Å². The Morgan fingerprint density at radius 2 is 2.04 bits per heavy atom. The highest BCUT2D eigenvalue weighted by Crippen LogP contribution is 2.39. The zero-order valence-corrected chi connectivity index (χ0v) is 17.0. The van der Waals surface area contributed by atoms with Crippen LogP contribution in [0.3, 0.4) is 0 Å². The van der Waals surface area contributed by atoms with Gasteiger partial charge >= 0.3 is 5.97 Å². The lowest BCUT2D eigenvalue weighted by atomic mass is 10.1. The number of hydrogen-bond donors (Lipinski definition) is 2. The molecule has 3 rings (SSSR count). The van der Waals surface area contributed by atoms with Crippen molar-refractivity contribution in [3.05, 3.63) is 51.4 Å². The number of esters is 1. The van der Waals surface area contributed by atoms with Crippen molar-refractivity contribution in [2.45, 2.75) is 39.5 Å². The summed E-state index contributed by atoms with van der Waals surface area (Å²) in [6, 6.07) is 7.74. The quantitative estimate of drug-likeness (QED) is 0.589. The van der Waals surface area contributed by atoms with E-state index >= 15 is 0 Å². The summed E-state index contributed by atoms with van der Waals surface area (Å²) in [4.78, 5) is 25.9. The third-order valence-electron chi connectivity index (χ3n) is 4.49. The predicted molar refractivity (Wildman–Crippen MR) is 112 cm³/mol. The van der Waals surface area contributed by atoms with Crippen LogP contribution in [0.4, 0.5) is 5.00 Å². The lowest BCUT2D eigenvalue weighted by Gasteiger charge is -2.11. The zero-order chi connectivity index (χ0) is 19.4. The molecular formula is C20H22N2O3S2. The van der Waals surface area contributed by atoms with E-state index < -0.39 is 0 Å². The molecule has 2 aromatic rings. The summed E-state index contributed by atoms with van der Waals surface area (Å²) in [5.74, 6) is -0.531. The van der Waals surface area contributed by atoms with E-state index in [-0.39, 0.29) is 23.4 Å². The molecule has 0 aliphatic heterocycles. The Labute approximate surface area is 168 Å². The molecule has 1 aromatic carbocycles. The van der Waals surface area contributed by atoms with Gasteiger partial charge in [0.1, 0.15) is 5.00 Å². The van der Waals surface area contributed by atoms with Crippen LogP contribution in [0.1, 0.15) is 45.3 Å². The van der Waals surface area contributed by atoms with Crippen LogP contribution in [0.15, 0.2) is 24.3 Å². The highest BCUT2D eigenvalue weighted by molar-refractivity contribution is 7.80. The minimum Gasteiger partial charge on any atom is -0.462 e. The Kier molecular flexibility index (Phi) is 6.23. The molecule has 5 nitrogen and oxygen atoms in total. The Bertz CT molecular complexity index is 889. The van der Waals surface area contributed by atoms with Crippen LogP contribution in [0, 0.1) is 6.92 Å². The molecule has 1 aromatic heterocycles. The fraction of sp³-hybridized carbons (Fsp3) is 0.350. The average molecular weight is 403 g/mol. The summed E-state index contributed by atoms with van der Waals surface area (Å²) in [5.41, 5.74) is 3.63. The molecule has 0 saturated heterocycles. The van der Waals surface area contributed by atoms with Crippen LogP contribution in [0.5, 0.6) is 0 Å². The second-order valence-electron chi connectivity index (χ2n) is 6.39. The van der Waals surface area contributed by atoms with Crippen LogP contribution in [-0.4, -0.2) is 23.6 Å². The fourth-order valence-electron chi connectivity index (χ4n) is 3.20. The minimum absolute atomic E-state index is 0.191. The van der Waals surface area contributed by atoms with Crippen LogP contribution in [-0.2, 0) is 28.8 Å². The first kappa shape index (κ1) is 19.5. The number of carbonyl (C=O) groups excluding carboxylic acids is 2. The number of nitrogens with one attached hydrogen (secondary N) is 2. The van der Waals surface area contributed by atoms with Crippen molar-refractivity contribution >= 4 is 45.5 Å². The Morgan fingerprint density at radius 3 is 2.78 bits per heavy atom. The number of anilines is 1. The Morgan fingerprint density at radius 1 is 1.26 bits per heavy atom. The van der Waals surface area contributed by atoms with Crippen LogP contribution >= 0.6 is 23.6 Å². The van der Waals surface area contributed by atoms with Gasteiger partial charge in [0, 0.05) is 4.88 Å². The molecule has 1 amide bonds. The van der Waals surface area contributed by atoms with Crippen molar-refractivity contribution < 1.29 is 14.3 Å². The number of hydrogen-bond acceptors (Lipinski definition) is 5. The summed E-state index contributed by atoms with van der Waals surface area (Å²) < 4.78 is 5.20. The van der Waals surface area contributed by atoms with Crippen molar-refractivity contribution in [1.29, 1.82) is 0 Å². The number of amides is 1. The number of aryl methyl sites for hydroxylation is 2. The first-order valence-electron chi connectivity index (χ1n) is 8.96. The van der Waals surface area contributed by atoms with E-state index in [1.165, 1.54) is 16.2 Å². The van der Waals surface area contributed by atoms with E-state index in [4.69, 9.17) is 17.0 Å². The summed E-state index contributed by atoms with van der Waals surface area (Å²) in [6.07, 6.45) is 3.13. The van der Waals surface area contributed by atoms with Crippen molar-refractivity contribution in [2.75, 3.05) is 11.9 Å². The highest BCUT2D eigenvalue weighted by atomic mass is 32.1. The maximum Gasteiger partial charge on any atom is 0.341 e. The van der Waals surface area contributed by atoms with Gasteiger partial charge in [-0.3, -0.25) is 4.79 Å². The number of thiocarbonyl (C=S) groups is 1. The number of ether oxygens (including phenoxy) is 1. The van der Waals surface area contributed by atoms with Gasteiger partial charge in [0.25, 0.3) is 0 Å². The molecule has 1 aliphatic rings. The summed E-state index contributed by atoms with van der Waals surface area (Å²) in [5, 5.41) is 6.58. The molecule has 27 heavy (non-hydrogen) atoms. The van der Waals surface area contributed by atoms with Crippen molar-refractivity contribution in [2.24, 2.45) is 0 Å². The van der Waals surface area contributed by atoms with E-state index in [1.807, 2.05) is 31.2 Å². The van der Waals surface area contributed by atoms with Gasteiger partial charge in [-0.05, 0) is 62.0 Å². The van der Waals surface area contributed by atoms with Gasteiger partial charge in [-0.1, -0.05) is 24.3 Å². The average Bonchev–Trinajstić information content (AvgIpc) is 3.17. The molecule has 7 heteroatoms. The second kappa shape index (κ2) is 8.63. The summed E-state index contributed by atoms with van der Waals surface area (Å²) >= 11 is 6.80. The zero-order valence-electron chi connectivity index (χ0n) is 15.4. The topological polar surface area (TPSA) is 67.4 Å². The molecule has 0 bridgehead atoms. The molecule has 0 atom stereocenters. The predicted octanol–water partition coefficient (Wildman–Crippen LogP) is 3.78. The molecular weight excluding hydrogens is 380 g/mol. The minimum atomic E-state index is -0.339. The van der Waals surface area contributed by atoms with Gasteiger partial charge in [0.05, 0.1) is 18.6 Å². The Balaban J connectivity index is 1.68. The maximum atomic E-state index is 12.4. The molecule has 142 valence electrons. The molecule has 0 fully saturated rings. The van der Waals surface area contributed by atoms with Gasteiger partial charge in [0.15, 0.2) is 5.11 Å². The monoisotopic (exact) mass is 402 g/mol. The molecule has 0 spiro atoms. The van der Waals surface area contributed by atoms with Gasteiger partial charge in [-0.15, -0.1) is 11.3 Å². The smallest absolute Gasteiger partial charge is 0.341 e. The first-order valence-corrected chi connectivity index (χ1v) is 10.2. The molecule has 0 saturated carbocycles. The molecule has 0 radical (unpaired) electrons. The van der Waals surface area contributed by atoms with Gasteiger partial charge in [-0.2, -0.15) is 0 Å². The molecule has 2 N–H and O–H groups in total. The SMILES string of the molecule is CCOC(=O)c1c(NC(=S)NC(=O)Cc2ccccc2C)sc2c1CCC2. The fourth-order valence-corrected chi connectivity index (χ4v) is 4.76. The van der Waals surface area contributed by atoms with E-state index in [2.05, 4.69) is 10.6 Å². The third-order valence-corrected chi connectivity index (χ3v) is 5.90. The van der Waals surface area contributed by atoms with Crippen molar-refractivity contribution in [3.63, 3.8) is 0 Å². The number of thiophene rings is 1. The normalized spacial score (nSPS) is 12.4.